The van der Waals surface area contributed by atoms with Gasteiger partial charge in [0, 0.05) is 12.7 Å². The number of aryl methyl sites for hydroxylation is 1. The summed E-state index contributed by atoms with van der Waals surface area (Å²) in [5.74, 6) is -1.65. The van der Waals surface area contributed by atoms with Crippen molar-refractivity contribution in [3.05, 3.63) is 59.5 Å². The maximum Gasteiger partial charge on any atom is 0.242 e. The Hall–Kier alpha value is -2.42. The molecule has 0 fully saturated rings. The Kier molecular flexibility index (Phi) is 11.8. The summed E-state index contributed by atoms with van der Waals surface area (Å²) in [5, 5.41) is 5.19. The molecule has 2 amide bonds. The molecular weight excluding hydrogens is 420 g/mol. The summed E-state index contributed by atoms with van der Waals surface area (Å²) in [6, 6.07) is 9.43. The Balaban J connectivity index is 0.00000392. The smallest absolute Gasteiger partial charge is 0.242 e. The SMILES string of the molecule is CC(NC(=O)C(N)CCc1ccccc1)C(=O)NCc1cnc(N)c(F)c1.Cl.Cl. The molecule has 2 rings (SSSR count). The van der Waals surface area contributed by atoms with Crippen LogP contribution in [0.5, 0.6) is 0 Å². The summed E-state index contributed by atoms with van der Waals surface area (Å²) in [6.07, 6.45) is 2.52. The van der Waals surface area contributed by atoms with E-state index in [4.69, 9.17) is 11.5 Å². The lowest BCUT2D eigenvalue weighted by atomic mass is 10.1. The van der Waals surface area contributed by atoms with E-state index in [2.05, 4.69) is 15.6 Å². The van der Waals surface area contributed by atoms with E-state index >= 15 is 0 Å². The van der Waals surface area contributed by atoms with Gasteiger partial charge in [-0.25, -0.2) is 9.37 Å². The lowest BCUT2D eigenvalue weighted by Crippen LogP contribution is -2.50. The van der Waals surface area contributed by atoms with Crippen molar-refractivity contribution in [2.24, 2.45) is 5.73 Å². The molecule has 1 aromatic heterocycles. The number of benzene rings is 1. The Morgan fingerprint density at radius 1 is 1.14 bits per heavy atom. The second-order valence-corrected chi connectivity index (χ2v) is 6.29. The van der Waals surface area contributed by atoms with E-state index < -0.39 is 29.7 Å². The van der Waals surface area contributed by atoms with Gasteiger partial charge in [-0.05, 0) is 37.0 Å². The number of aromatic nitrogens is 1. The van der Waals surface area contributed by atoms with Crippen LogP contribution in [0.4, 0.5) is 10.2 Å². The zero-order valence-electron chi connectivity index (χ0n) is 15.9. The third kappa shape index (κ3) is 8.64. The van der Waals surface area contributed by atoms with Gasteiger partial charge in [0.2, 0.25) is 11.8 Å². The molecule has 0 bridgehead atoms. The molecule has 0 saturated carbocycles. The third-order valence-corrected chi connectivity index (χ3v) is 4.07. The number of rotatable bonds is 8. The molecule has 2 aromatic rings. The van der Waals surface area contributed by atoms with Crippen molar-refractivity contribution in [3.63, 3.8) is 0 Å². The van der Waals surface area contributed by atoms with Crippen molar-refractivity contribution in [2.75, 3.05) is 5.73 Å². The first kappa shape index (κ1) is 26.6. The van der Waals surface area contributed by atoms with Crippen LogP contribution in [0.15, 0.2) is 42.6 Å². The summed E-state index contributed by atoms with van der Waals surface area (Å²) >= 11 is 0. The molecule has 0 aliphatic carbocycles. The number of amides is 2. The van der Waals surface area contributed by atoms with Crippen LogP contribution < -0.4 is 22.1 Å². The lowest BCUT2D eigenvalue weighted by Gasteiger charge is -2.17. The van der Waals surface area contributed by atoms with Crippen LogP contribution in [0.1, 0.15) is 24.5 Å². The second kappa shape index (κ2) is 12.9. The maximum atomic E-state index is 13.3. The molecule has 1 aromatic carbocycles. The Bertz CT molecular complexity index is 795. The minimum atomic E-state index is -0.771. The van der Waals surface area contributed by atoms with Crippen LogP contribution in [0.3, 0.4) is 0 Å². The van der Waals surface area contributed by atoms with Crippen LogP contribution in [0.2, 0.25) is 0 Å². The van der Waals surface area contributed by atoms with Crippen molar-refractivity contribution in [2.45, 2.75) is 38.4 Å². The zero-order valence-corrected chi connectivity index (χ0v) is 17.6. The van der Waals surface area contributed by atoms with Crippen molar-refractivity contribution in [3.8, 4) is 0 Å². The number of anilines is 1. The summed E-state index contributed by atoms with van der Waals surface area (Å²) in [6.45, 7) is 1.63. The van der Waals surface area contributed by atoms with Gasteiger partial charge in [0.25, 0.3) is 0 Å². The van der Waals surface area contributed by atoms with Gasteiger partial charge in [-0.2, -0.15) is 0 Å². The van der Waals surface area contributed by atoms with Gasteiger partial charge in [-0.3, -0.25) is 9.59 Å². The number of carbonyl (C=O) groups excluding carboxylic acids is 2. The van der Waals surface area contributed by atoms with Gasteiger partial charge in [-0.1, -0.05) is 30.3 Å². The summed E-state index contributed by atoms with van der Waals surface area (Å²) in [4.78, 5) is 27.9. The number of nitrogen functional groups attached to an aromatic ring is 1. The number of hydrogen-bond acceptors (Lipinski definition) is 5. The molecule has 7 nitrogen and oxygen atoms in total. The fourth-order valence-electron chi connectivity index (χ4n) is 2.41. The van der Waals surface area contributed by atoms with E-state index in [-0.39, 0.29) is 37.2 Å². The molecule has 0 spiro atoms. The molecule has 10 heteroatoms. The number of nitrogens with one attached hydrogen (secondary N) is 2. The molecule has 1 heterocycles. The quantitative estimate of drug-likeness (QED) is 0.492. The summed E-state index contributed by atoms with van der Waals surface area (Å²) < 4.78 is 13.3. The van der Waals surface area contributed by atoms with Crippen LogP contribution in [-0.2, 0) is 22.6 Å². The number of hydrogen-bond donors (Lipinski definition) is 4. The van der Waals surface area contributed by atoms with Crippen molar-refractivity contribution < 1.29 is 14.0 Å². The number of pyridine rings is 1. The van der Waals surface area contributed by atoms with Crippen LogP contribution in [-0.4, -0.2) is 28.9 Å². The highest BCUT2D eigenvalue weighted by molar-refractivity contribution is 5.89. The number of carbonyl (C=O) groups is 2. The average Bonchev–Trinajstić information content (AvgIpc) is 2.67. The van der Waals surface area contributed by atoms with E-state index in [0.717, 1.165) is 5.56 Å². The predicted octanol–water partition coefficient (Wildman–Crippen LogP) is 1.73. The van der Waals surface area contributed by atoms with Gasteiger partial charge in [0.15, 0.2) is 11.6 Å². The third-order valence-electron chi connectivity index (χ3n) is 4.07. The minimum absolute atomic E-state index is 0. The molecule has 0 aliphatic heterocycles. The molecule has 29 heavy (non-hydrogen) atoms. The first-order valence-corrected chi connectivity index (χ1v) is 8.64. The molecular formula is C19H26Cl2FN5O2. The lowest BCUT2D eigenvalue weighted by molar-refractivity contribution is -0.129. The molecule has 6 N–H and O–H groups in total. The van der Waals surface area contributed by atoms with Crippen molar-refractivity contribution in [1.82, 2.24) is 15.6 Å². The number of nitrogens with zero attached hydrogens (tertiary/aromatic N) is 1. The predicted molar refractivity (Wildman–Crippen MR) is 115 cm³/mol. The molecule has 0 aliphatic rings. The largest absolute Gasteiger partial charge is 0.381 e. The standard InChI is InChI=1S/C19H24FN5O2.2ClH/c1-12(18(26)24-11-14-9-15(20)17(22)23-10-14)25-19(27)16(21)8-7-13-5-3-2-4-6-13;;/h2-6,9-10,12,16H,7-8,11,21H2,1H3,(H2,22,23)(H,24,26)(H,25,27);2*1H. The first-order valence-electron chi connectivity index (χ1n) is 8.64. The van der Waals surface area contributed by atoms with Crippen LogP contribution in [0, 0.1) is 5.82 Å². The molecule has 160 valence electrons. The van der Waals surface area contributed by atoms with Crippen LogP contribution >= 0.6 is 24.8 Å². The van der Waals surface area contributed by atoms with Crippen molar-refractivity contribution in [1.29, 1.82) is 0 Å². The zero-order chi connectivity index (χ0) is 19.8. The fraction of sp³-hybridized carbons (Fsp3) is 0.316. The van der Waals surface area contributed by atoms with E-state index in [1.54, 1.807) is 6.92 Å². The highest BCUT2D eigenvalue weighted by atomic mass is 35.5. The van der Waals surface area contributed by atoms with Gasteiger partial charge in [-0.15, -0.1) is 24.8 Å². The second-order valence-electron chi connectivity index (χ2n) is 6.29. The summed E-state index contributed by atoms with van der Waals surface area (Å²) in [7, 11) is 0. The normalized spacial score (nSPS) is 12.0. The Labute approximate surface area is 181 Å². The Morgan fingerprint density at radius 3 is 2.41 bits per heavy atom. The monoisotopic (exact) mass is 445 g/mol. The topological polar surface area (TPSA) is 123 Å². The van der Waals surface area contributed by atoms with Gasteiger partial charge >= 0.3 is 0 Å². The minimum Gasteiger partial charge on any atom is -0.381 e. The number of halogens is 3. The molecule has 2 unspecified atom stereocenters. The molecule has 0 saturated heterocycles. The highest BCUT2D eigenvalue weighted by Gasteiger charge is 2.20. The fourth-order valence-corrected chi connectivity index (χ4v) is 2.41. The van der Waals surface area contributed by atoms with E-state index in [0.29, 0.717) is 18.4 Å². The van der Waals surface area contributed by atoms with Gasteiger partial charge in [0.05, 0.1) is 6.04 Å². The average molecular weight is 446 g/mol. The van der Waals surface area contributed by atoms with E-state index in [1.165, 1.54) is 12.3 Å². The molecule has 0 radical (unpaired) electrons. The van der Waals surface area contributed by atoms with E-state index in [1.807, 2.05) is 30.3 Å². The maximum absolute atomic E-state index is 13.3. The number of nitrogens with two attached hydrogens (primary N) is 2. The first-order chi connectivity index (χ1) is 12.9. The highest BCUT2D eigenvalue weighted by Crippen LogP contribution is 2.08. The molecule has 2 atom stereocenters. The van der Waals surface area contributed by atoms with Gasteiger partial charge in [0.1, 0.15) is 6.04 Å². The van der Waals surface area contributed by atoms with E-state index in [9.17, 15) is 14.0 Å². The Morgan fingerprint density at radius 2 is 1.79 bits per heavy atom. The van der Waals surface area contributed by atoms with Crippen molar-refractivity contribution >= 4 is 42.4 Å². The van der Waals surface area contributed by atoms with Crippen LogP contribution in [0.25, 0.3) is 0 Å². The van der Waals surface area contributed by atoms with Gasteiger partial charge < -0.3 is 22.1 Å². The summed E-state index contributed by atoms with van der Waals surface area (Å²) in [5.41, 5.74) is 12.8.